The Morgan fingerprint density at radius 2 is 1.45 bits per heavy atom. The van der Waals surface area contributed by atoms with E-state index in [4.69, 9.17) is 11.3 Å². The van der Waals surface area contributed by atoms with Gasteiger partial charge in [-0.15, -0.1) is 0 Å². The van der Waals surface area contributed by atoms with Gasteiger partial charge in [0.1, 0.15) is 5.75 Å². The Morgan fingerprint density at radius 1 is 0.950 bits per heavy atom. The van der Waals surface area contributed by atoms with E-state index in [1.807, 2.05) is 57.4 Å². The molecule has 0 saturated heterocycles. The van der Waals surface area contributed by atoms with Crippen molar-refractivity contribution < 1.29 is 4.74 Å². The Morgan fingerprint density at radius 3 is 1.90 bits per heavy atom. The maximum absolute atomic E-state index is 6.23. The molecule has 0 heterocycles. The normalized spacial score (nSPS) is 10.2. The molecule has 0 aliphatic heterocycles. The molecule has 0 aliphatic carbocycles. The van der Waals surface area contributed by atoms with Gasteiger partial charge in [0.2, 0.25) is 0 Å². The molecule has 0 amide bonds. The molecule has 0 unspecified atom stereocenters. The second-order valence-electron chi connectivity index (χ2n) is 4.81. The minimum Gasteiger partial charge on any atom is -0.494 e. The molecule has 0 spiro atoms. The van der Waals surface area contributed by atoms with Gasteiger partial charge in [-0.3, -0.25) is 0 Å². The summed E-state index contributed by atoms with van der Waals surface area (Å²) < 4.78 is 5.43. The molecule has 20 heavy (non-hydrogen) atoms. The number of rotatable bonds is 5. The average molecular weight is 266 g/mol. The van der Waals surface area contributed by atoms with Crippen LogP contribution in [0.3, 0.4) is 0 Å². The summed E-state index contributed by atoms with van der Waals surface area (Å²) in [4.78, 5) is 2.07. The highest BCUT2D eigenvalue weighted by Crippen LogP contribution is 2.25. The van der Waals surface area contributed by atoms with Crippen LogP contribution in [0.1, 0.15) is 18.1 Å². The van der Waals surface area contributed by atoms with Crippen LogP contribution in [-0.4, -0.2) is 20.7 Å². The van der Waals surface area contributed by atoms with Crippen molar-refractivity contribution in [2.45, 2.75) is 6.92 Å². The number of ether oxygens (including phenoxy) is 1. The Bertz CT molecular complexity index is 567. The minimum absolute atomic E-state index is 0.671. The first kappa shape index (κ1) is 14.2. The SMILES string of the molecule is [CH]=C(c1ccc(OCC)cc1)c1ccc(N(C)C)cc1. The summed E-state index contributed by atoms with van der Waals surface area (Å²) in [5.74, 6) is 0.868. The topological polar surface area (TPSA) is 12.5 Å². The molecule has 2 heteroatoms. The second-order valence-corrected chi connectivity index (χ2v) is 4.81. The highest BCUT2D eigenvalue weighted by atomic mass is 16.5. The van der Waals surface area contributed by atoms with Crippen molar-refractivity contribution in [3.05, 3.63) is 66.2 Å². The van der Waals surface area contributed by atoms with Gasteiger partial charge in [0.25, 0.3) is 0 Å². The molecule has 0 bridgehead atoms. The molecular weight excluding hydrogens is 246 g/mol. The van der Waals surface area contributed by atoms with E-state index in [1.165, 1.54) is 0 Å². The largest absolute Gasteiger partial charge is 0.494 e. The zero-order valence-corrected chi connectivity index (χ0v) is 12.3. The van der Waals surface area contributed by atoms with Crippen LogP contribution in [0.15, 0.2) is 48.5 Å². The van der Waals surface area contributed by atoms with E-state index in [9.17, 15) is 0 Å². The number of nitrogens with zero attached hydrogens (tertiary/aromatic N) is 1. The van der Waals surface area contributed by atoms with Crippen LogP contribution >= 0.6 is 0 Å². The van der Waals surface area contributed by atoms with E-state index < -0.39 is 0 Å². The molecule has 2 aromatic rings. The van der Waals surface area contributed by atoms with Crippen LogP contribution in [0.5, 0.6) is 5.75 Å². The molecule has 0 atom stereocenters. The number of benzene rings is 2. The van der Waals surface area contributed by atoms with Crippen LogP contribution in [0.25, 0.3) is 5.57 Å². The number of hydrogen-bond donors (Lipinski definition) is 0. The third kappa shape index (κ3) is 3.21. The predicted octanol–water partition coefficient (Wildman–Crippen LogP) is 4.02. The maximum atomic E-state index is 6.23. The van der Waals surface area contributed by atoms with Gasteiger partial charge in [-0.25, -0.2) is 0 Å². The van der Waals surface area contributed by atoms with Gasteiger partial charge >= 0.3 is 0 Å². The van der Waals surface area contributed by atoms with Crippen LogP contribution in [-0.2, 0) is 0 Å². The standard InChI is InChI=1S/C18H20NO/c1-5-20-18-12-8-16(9-13-18)14(2)15-6-10-17(11-7-15)19(3)4/h2,6-13H,5H2,1,3-4H3. The van der Waals surface area contributed by atoms with Gasteiger partial charge in [-0.05, 0) is 47.9 Å². The number of anilines is 1. The van der Waals surface area contributed by atoms with E-state index in [0.29, 0.717) is 6.61 Å². The number of hydrogen-bond acceptors (Lipinski definition) is 2. The van der Waals surface area contributed by atoms with Crippen molar-refractivity contribution in [1.29, 1.82) is 0 Å². The lowest BCUT2D eigenvalue weighted by molar-refractivity contribution is 0.340. The zero-order valence-electron chi connectivity index (χ0n) is 12.3. The highest BCUT2D eigenvalue weighted by Gasteiger charge is 2.04. The molecule has 0 aromatic heterocycles. The lowest BCUT2D eigenvalue weighted by atomic mass is 9.99. The second kappa shape index (κ2) is 6.29. The van der Waals surface area contributed by atoms with Gasteiger partial charge in [-0.1, -0.05) is 30.8 Å². The van der Waals surface area contributed by atoms with Gasteiger partial charge in [0.15, 0.2) is 0 Å². The summed E-state index contributed by atoms with van der Waals surface area (Å²) in [7, 11) is 4.04. The fraction of sp³-hybridized carbons (Fsp3) is 0.222. The van der Waals surface area contributed by atoms with E-state index in [0.717, 1.165) is 28.1 Å². The summed E-state index contributed by atoms with van der Waals surface area (Å²) >= 11 is 0. The smallest absolute Gasteiger partial charge is 0.119 e. The highest BCUT2D eigenvalue weighted by molar-refractivity contribution is 5.77. The van der Waals surface area contributed by atoms with Crippen molar-refractivity contribution in [1.82, 2.24) is 0 Å². The van der Waals surface area contributed by atoms with E-state index >= 15 is 0 Å². The first-order chi connectivity index (χ1) is 9.61. The molecule has 2 aromatic carbocycles. The quantitative estimate of drug-likeness (QED) is 0.810. The predicted molar refractivity (Wildman–Crippen MR) is 85.2 cm³/mol. The molecule has 2 rings (SSSR count). The summed E-state index contributed by atoms with van der Waals surface area (Å²) in [6.45, 7) is 8.87. The van der Waals surface area contributed by atoms with Crippen molar-refractivity contribution in [2.24, 2.45) is 0 Å². The molecule has 0 aliphatic rings. The first-order valence-corrected chi connectivity index (χ1v) is 6.75. The Balaban J connectivity index is 2.17. The molecule has 0 saturated carbocycles. The molecular formula is C18H20NO. The maximum Gasteiger partial charge on any atom is 0.119 e. The van der Waals surface area contributed by atoms with Crippen molar-refractivity contribution in [2.75, 3.05) is 25.6 Å². The van der Waals surface area contributed by atoms with Crippen LogP contribution in [0.2, 0.25) is 0 Å². The fourth-order valence-electron chi connectivity index (χ4n) is 2.00. The summed E-state index contributed by atoms with van der Waals surface area (Å²) in [6, 6.07) is 16.1. The van der Waals surface area contributed by atoms with E-state index in [1.54, 1.807) is 0 Å². The molecule has 0 fully saturated rings. The fourth-order valence-corrected chi connectivity index (χ4v) is 2.00. The van der Waals surface area contributed by atoms with Gasteiger partial charge in [0, 0.05) is 19.8 Å². The third-order valence-electron chi connectivity index (χ3n) is 3.17. The average Bonchev–Trinajstić information content (AvgIpc) is 2.48. The lowest BCUT2D eigenvalue weighted by Gasteiger charge is -2.13. The van der Waals surface area contributed by atoms with Gasteiger partial charge < -0.3 is 9.64 Å². The lowest BCUT2D eigenvalue weighted by Crippen LogP contribution is -2.08. The summed E-state index contributed by atoms with van der Waals surface area (Å²) in [5.41, 5.74) is 3.97. The molecule has 103 valence electrons. The molecule has 1 radical (unpaired) electrons. The van der Waals surface area contributed by atoms with Crippen LogP contribution in [0, 0.1) is 6.58 Å². The van der Waals surface area contributed by atoms with Crippen molar-refractivity contribution in [3.63, 3.8) is 0 Å². The monoisotopic (exact) mass is 266 g/mol. The molecule has 0 N–H and O–H groups in total. The first-order valence-electron chi connectivity index (χ1n) is 6.75. The Hall–Kier alpha value is -2.22. The van der Waals surface area contributed by atoms with Gasteiger partial charge in [-0.2, -0.15) is 0 Å². The van der Waals surface area contributed by atoms with E-state index in [2.05, 4.69) is 17.0 Å². The van der Waals surface area contributed by atoms with Crippen LogP contribution < -0.4 is 9.64 Å². The third-order valence-corrected chi connectivity index (χ3v) is 3.17. The molecule has 2 nitrogen and oxygen atoms in total. The minimum atomic E-state index is 0.671. The van der Waals surface area contributed by atoms with Crippen molar-refractivity contribution >= 4 is 11.3 Å². The summed E-state index contributed by atoms with van der Waals surface area (Å²) in [6.07, 6.45) is 0. The van der Waals surface area contributed by atoms with Crippen molar-refractivity contribution in [3.8, 4) is 5.75 Å². The van der Waals surface area contributed by atoms with Crippen LogP contribution in [0.4, 0.5) is 5.69 Å². The van der Waals surface area contributed by atoms with Gasteiger partial charge in [0.05, 0.1) is 6.61 Å². The Labute approximate surface area is 121 Å². The van der Waals surface area contributed by atoms with E-state index in [-0.39, 0.29) is 0 Å². The Kier molecular flexibility index (Phi) is 4.46. The zero-order chi connectivity index (χ0) is 14.5. The summed E-state index contributed by atoms with van der Waals surface area (Å²) in [5, 5.41) is 0.